The fraction of sp³-hybridized carbons (Fsp3) is 1.00. The third-order valence-electron chi connectivity index (χ3n) is 4.10. The summed E-state index contributed by atoms with van der Waals surface area (Å²) in [6.07, 6.45) is 2.77. The van der Waals surface area contributed by atoms with Gasteiger partial charge in [0, 0.05) is 18.6 Å². The first kappa shape index (κ1) is 15.0. The summed E-state index contributed by atoms with van der Waals surface area (Å²) in [7, 11) is 0. The van der Waals surface area contributed by atoms with E-state index in [1.54, 1.807) is 0 Å². The predicted molar refractivity (Wildman–Crippen MR) is 76.4 cm³/mol. The average Bonchev–Trinajstić information content (AvgIpc) is 2.63. The molecule has 102 valence electrons. The number of hydrogen-bond acceptors (Lipinski definition) is 2. The zero-order chi connectivity index (χ0) is 13.1. The second-order valence-corrected chi connectivity index (χ2v) is 6.92. The van der Waals surface area contributed by atoms with Crippen LogP contribution in [0.2, 0.25) is 0 Å². The smallest absolute Gasteiger partial charge is 0.0243 e. The van der Waals surface area contributed by atoms with Crippen molar-refractivity contribution >= 4 is 0 Å². The molecule has 0 aromatic heterocycles. The highest BCUT2D eigenvalue weighted by atomic mass is 15.2. The zero-order valence-corrected chi connectivity index (χ0v) is 12.7. The van der Waals surface area contributed by atoms with Gasteiger partial charge in [-0.1, -0.05) is 41.5 Å². The Labute approximate surface area is 108 Å². The summed E-state index contributed by atoms with van der Waals surface area (Å²) in [6, 6.07) is 1.41. The van der Waals surface area contributed by atoms with Gasteiger partial charge < -0.3 is 5.32 Å². The summed E-state index contributed by atoms with van der Waals surface area (Å²) in [5, 5.41) is 3.67. The molecule has 1 fully saturated rings. The van der Waals surface area contributed by atoms with E-state index in [2.05, 4.69) is 51.8 Å². The minimum absolute atomic E-state index is 0.347. The highest BCUT2D eigenvalue weighted by Crippen LogP contribution is 2.27. The molecular weight excluding hydrogens is 208 g/mol. The second kappa shape index (κ2) is 6.19. The molecule has 1 heterocycles. The van der Waals surface area contributed by atoms with Crippen molar-refractivity contribution in [3.8, 4) is 0 Å². The van der Waals surface area contributed by atoms with E-state index in [1.807, 2.05) is 0 Å². The van der Waals surface area contributed by atoms with Gasteiger partial charge in [0.15, 0.2) is 0 Å². The van der Waals surface area contributed by atoms with Gasteiger partial charge in [-0.3, -0.25) is 4.90 Å². The largest absolute Gasteiger partial charge is 0.312 e. The maximum Gasteiger partial charge on any atom is 0.0243 e. The molecule has 2 nitrogen and oxygen atoms in total. The zero-order valence-electron chi connectivity index (χ0n) is 12.7. The van der Waals surface area contributed by atoms with E-state index in [4.69, 9.17) is 0 Å². The third-order valence-corrected chi connectivity index (χ3v) is 4.10. The maximum absolute atomic E-state index is 3.67. The number of nitrogens with one attached hydrogen (secondary N) is 1. The van der Waals surface area contributed by atoms with Crippen molar-refractivity contribution in [3.05, 3.63) is 0 Å². The molecule has 2 heteroatoms. The van der Waals surface area contributed by atoms with Crippen LogP contribution in [-0.2, 0) is 0 Å². The molecule has 0 aliphatic carbocycles. The van der Waals surface area contributed by atoms with Gasteiger partial charge in [-0.25, -0.2) is 0 Å². The first-order chi connectivity index (χ1) is 7.86. The SMILES string of the molecule is CCNC(CN1CCCC1C(C)C)C(C)(C)C. The van der Waals surface area contributed by atoms with Gasteiger partial charge in [0.1, 0.15) is 0 Å². The Morgan fingerprint density at radius 2 is 1.94 bits per heavy atom. The summed E-state index contributed by atoms with van der Waals surface area (Å²) >= 11 is 0. The molecule has 0 aromatic carbocycles. The molecule has 1 rings (SSSR count). The van der Waals surface area contributed by atoms with Gasteiger partial charge in [0.25, 0.3) is 0 Å². The van der Waals surface area contributed by atoms with E-state index in [-0.39, 0.29) is 0 Å². The molecule has 0 bridgehead atoms. The lowest BCUT2D eigenvalue weighted by atomic mass is 9.86. The normalized spacial score (nSPS) is 24.5. The predicted octanol–water partition coefficient (Wildman–Crippen LogP) is 3.13. The van der Waals surface area contributed by atoms with Crippen molar-refractivity contribution < 1.29 is 0 Å². The Morgan fingerprint density at radius 1 is 1.29 bits per heavy atom. The van der Waals surface area contributed by atoms with Crippen LogP contribution in [0.5, 0.6) is 0 Å². The van der Waals surface area contributed by atoms with Gasteiger partial charge in [0.05, 0.1) is 0 Å². The van der Waals surface area contributed by atoms with Crippen molar-refractivity contribution in [2.24, 2.45) is 11.3 Å². The Bertz CT molecular complexity index is 217. The lowest BCUT2D eigenvalue weighted by molar-refractivity contribution is 0.143. The number of nitrogens with zero attached hydrogens (tertiary/aromatic N) is 1. The van der Waals surface area contributed by atoms with Crippen LogP contribution in [0, 0.1) is 11.3 Å². The molecule has 1 N–H and O–H groups in total. The highest BCUT2D eigenvalue weighted by Gasteiger charge is 2.32. The molecular formula is C15H32N2. The monoisotopic (exact) mass is 240 g/mol. The number of likely N-dealkylation sites (tertiary alicyclic amines) is 1. The Kier molecular flexibility index (Phi) is 5.46. The summed E-state index contributed by atoms with van der Waals surface area (Å²) in [6.45, 7) is 17.6. The van der Waals surface area contributed by atoms with E-state index in [1.165, 1.54) is 25.9 Å². The van der Waals surface area contributed by atoms with Crippen molar-refractivity contribution in [1.82, 2.24) is 10.2 Å². The molecule has 1 aliphatic heterocycles. The van der Waals surface area contributed by atoms with Crippen molar-refractivity contribution in [3.63, 3.8) is 0 Å². The fourth-order valence-electron chi connectivity index (χ4n) is 2.96. The molecule has 0 saturated carbocycles. The van der Waals surface area contributed by atoms with E-state index >= 15 is 0 Å². The van der Waals surface area contributed by atoms with E-state index in [9.17, 15) is 0 Å². The van der Waals surface area contributed by atoms with Crippen LogP contribution in [0.4, 0.5) is 0 Å². The highest BCUT2D eigenvalue weighted by molar-refractivity contribution is 4.89. The summed E-state index contributed by atoms with van der Waals surface area (Å²) in [5.41, 5.74) is 0.347. The number of likely N-dealkylation sites (N-methyl/N-ethyl adjacent to an activating group) is 1. The van der Waals surface area contributed by atoms with Crippen LogP contribution in [0.1, 0.15) is 54.4 Å². The topological polar surface area (TPSA) is 15.3 Å². The minimum Gasteiger partial charge on any atom is -0.312 e. The number of rotatable bonds is 5. The molecule has 0 aromatic rings. The average molecular weight is 240 g/mol. The second-order valence-electron chi connectivity index (χ2n) is 6.92. The van der Waals surface area contributed by atoms with Crippen LogP contribution in [-0.4, -0.2) is 36.6 Å². The lowest BCUT2D eigenvalue weighted by Gasteiger charge is -2.37. The molecule has 0 radical (unpaired) electrons. The molecule has 1 aliphatic rings. The van der Waals surface area contributed by atoms with Crippen LogP contribution in [0.3, 0.4) is 0 Å². The molecule has 0 amide bonds. The molecule has 2 unspecified atom stereocenters. The van der Waals surface area contributed by atoms with Gasteiger partial charge in [-0.15, -0.1) is 0 Å². The lowest BCUT2D eigenvalue weighted by Crippen LogP contribution is -2.50. The minimum atomic E-state index is 0.347. The van der Waals surface area contributed by atoms with E-state index < -0.39 is 0 Å². The summed E-state index contributed by atoms with van der Waals surface area (Å²) in [5.74, 6) is 0.791. The third kappa shape index (κ3) is 4.26. The van der Waals surface area contributed by atoms with Crippen molar-refractivity contribution in [2.45, 2.75) is 66.5 Å². The Hall–Kier alpha value is -0.0800. The Morgan fingerprint density at radius 3 is 2.41 bits per heavy atom. The van der Waals surface area contributed by atoms with Gasteiger partial charge in [-0.2, -0.15) is 0 Å². The standard InChI is InChI=1S/C15H32N2/c1-7-16-14(15(4,5)6)11-17-10-8-9-13(17)12(2)3/h12-14,16H,7-11H2,1-6H3. The Balaban J connectivity index is 2.60. The maximum atomic E-state index is 3.67. The number of hydrogen-bond donors (Lipinski definition) is 1. The van der Waals surface area contributed by atoms with E-state index in [0.29, 0.717) is 11.5 Å². The fourth-order valence-corrected chi connectivity index (χ4v) is 2.96. The molecule has 2 atom stereocenters. The van der Waals surface area contributed by atoms with Gasteiger partial charge in [0.2, 0.25) is 0 Å². The molecule has 17 heavy (non-hydrogen) atoms. The quantitative estimate of drug-likeness (QED) is 0.794. The van der Waals surface area contributed by atoms with Crippen molar-refractivity contribution in [2.75, 3.05) is 19.6 Å². The van der Waals surface area contributed by atoms with Crippen LogP contribution in [0.15, 0.2) is 0 Å². The molecule has 1 saturated heterocycles. The summed E-state index contributed by atoms with van der Waals surface area (Å²) < 4.78 is 0. The van der Waals surface area contributed by atoms with Crippen LogP contribution < -0.4 is 5.32 Å². The molecule has 0 spiro atoms. The van der Waals surface area contributed by atoms with E-state index in [0.717, 1.165) is 18.5 Å². The van der Waals surface area contributed by atoms with Gasteiger partial charge in [-0.05, 0) is 37.3 Å². The first-order valence-electron chi connectivity index (χ1n) is 7.33. The van der Waals surface area contributed by atoms with Gasteiger partial charge >= 0.3 is 0 Å². The van der Waals surface area contributed by atoms with Crippen LogP contribution >= 0.6 is 0 Å². The summed E-state index contributed by atoms with van der Waals surface area (Å²) in [4.78, 5) is 2.71. The van der Waals surface area contributed by atoms with Crippen LogP contribution in [0.25, 0.3) is 0 Å². The first-order valence-corrected chi connectivity index (χ1v) is 7.33. The van der Waals surface area contributed by atoms with Crippen molar-refractivity contribution in [1.29, 1.82) is 0 Å².